The minimum absolute atomic E-state index is 0.0193. The zero-order valence-electron chi connectivity index (χ0n) is 13.1. The molecule has 0 saturated heterocycles. The Morgan fingerprint density at radius 2 is 2.04 bits per heavy atom. The molecule has 1 aromatic carbocycles. The van der Waals surface area contributed by atoms with Crippen molar-refractivity contribution < 1.29 is 9.59 Å². The van der Waals surface area contributed by atoms with Gasteiger partial charge in [0.25, 0.3) is 0 Å². The van der Waals surface area contributed by atoms with E-state index in [1.165, 1.54) is 0 Å². The van der Waals surface area contributed by atoms with Crippen LogP contribution in [-0.2, 0) is 9.59 Å². The number of fused-ring (bicyclic) bond motifs is 2. The molecular formula is C17H22BrN3O2. The molecule has 0 aliphatic heterocycles. The molecule has 5 nitrogen and oxygen atoms in total. The number of hydrogen-bond acceptors (Lipinski definition) is 3. The second kappa shape index (κ2) is 6.61. The van der Waals surface area contributed by atoms with Crippen LogP contribution in [0.5, 0.6) is 0 Å². The zero-order chi connectivity index (χ0) is 16.6. The van der Waals surface area contributed by atoms with E-state index in [4.69, 9.17) is 5.73 Å². The highest BCUT2D eigenvalue weighted by Gasteiger charge is 2.48. The summed E-state index contributed by atoms with van der Waals surface area (Å²) in [5.74, 6) is 0.447. The van der Waals surface area contributed by atoms with E-state index in [0.717, 1.165) is 35.0 Å². The molecule has 4 atom stereocenters. The number of carbonyl (C=O) groups excluding carboxylic acids is 2. The van der Waals surface area contributed by atoms with Crippen LogP contribution in [0.4, 0.5) is 5.69 Å². The molecule has 1 aromatic rings. The van der Waals surface area contributed by atoms with Crippen LogP contribution in [0, 0.1) is 24.7 Å². The smallest absolute Gasteiger partial charge is 0.243 e. The van der Waals surface area contributed by atoms with E-state index in [0.29, 0.717) is 11.8 Å². The molecule has 2 amide bonds. The second-order valence-electron chi connectivity index (χ2n) is 6.67. The highest BCUT2D eigenvalue weighted by atomic mass is 79.9. The third kappa shape index (κ3) is 3.43. The van der Waals surface area contributed by atoms with Crippen molar-refractivity contribution in [3.05, 3.63) is 28.2 Å². The number of nitrogens with one attached hydrogen (secondary N) is 2. The molecule has 2 aliphatic rings. The molecule has 2 fully saturated rings. The van der Waals surface area contributed by atoms with Crippen molar-refractivity contribution in [3.8, 4) is 0 Å². The van der Waals surface area contributed by atoms with E-state index in [1.807, 2.05) is 25.1 Å². The Morgan fingerprint density at radius 1 is 1.30 bits per heavy atom. The Kier molecular flexibility index (Phi) is 4.73. The van der Waals surface area contributed by atoms with Gasteiger partial charge in [-0.05, 0) is 61.8 Å². The first-order valence-corrected chi connectivity index (χ1v) is 8.84. The summed E-state index contributed by atoms with van der Waals surface area (Å²) in [7, 11) is 0. The maximum Gasteiger partial charge on any atom is 0.243 e. The van der Waals surface area contributed by atoms with Crippen molar-refractivity contribution >= 4 is 33.4 Å². The number of halogens is 1. The van der Waals surface area contributed by atoms with Gasteiger partial charge >= 0.3 is 0 Å². The molecule has 0 heterocycles. The maximum absolute atomic E-state index is 12.3. The highest BCUT2D eigenvalue weighted by molar-refractivity contribution is 9.10. The Bertz CT molecular complexity index is 632. The summed E-state index contributed by atoms with van der Waals surface area (Å²) in [6.07, 6.45) is 3.28. The molecule has 2 aliphatic carbocycles. The van der Waals surface area contributed by atoms with Crippen LogP contribution in [0.25, 0.3) is 0 Å². The van der Waals surface area contributed by atoms with Crippen LogP contribution >= 0.6 is 15.9 Å². The van der Waals surface area contributed by atoms with Gasteiger partial charge in [-0.3, -0.25) is 9.59 Å². The standard InChI is InChI=1S/C17H22BrN3O2/c1-9-6-12(4-5-13(9)18)21-14(22)8-20-17(23)15-10-2-3-11(7-10)16(15)19/h4-6,10-11,15-16H,2-3,7-8,19H2,1H3,(H,20,23)(H,21,22). The van der Waals surface area contributed by atoms with Gasteiger partial charge in [0.2, 0.25) is 11.8 Å². The lowest BCUT2D eigenvalue weighted by Crippen LogP contribution is -2.46. The molecule has 4 unspecified atom stereocenters. The predicted octanol–water partition coefficient (Wildman–Crippen LogP) is 2.19. The van der Waals surface area contributed by atoms with Gasteiger partial charge in [-0.2, -0.15) is 0 Å². The molecule has 2 saturated carbocycles. The number of aryl methyl sites for hydroxylation is 1. The molecule has 2 bridgehead atoms. The first-order valence-electron chi connectivity index (χ1n) is 8.05. The van der Waals surface area contributed by atoms with Gasteiger partial charge in [0, 0.05) is 16.2 Å². The van der Waals surface area contributed by atoms with Crippen LogP contribution in [-0.4, -0.2) is 24.4 Å². The van der Waals surface area contributed by atoms with E-state index in [-0.39, 0.29) is 30.3 Å². The summed E-state index contributed by atoms with van der Waals surface area (Å²) in [6.45, 7) is 1.94. The number of carbonyl (C=O) groups is 2. The fourth-order valence-electron chi connectivity index (χ4n) is 3.94. The SMILES string of the molecule is Cc1cc(NC(=O)CNC(=O)C2C3CCC(C3)C2N)ccc1Br. The summed E-state index contributed by atoms with van der Waals surface area (Å²) in [6, 6.07) is 5.54. The average Bonchev–Trinajstić information content (AvgIpc) is 3.09. The average molecular weight is 380 g/mol. The zero-order valence-corrected chi connectivity index (χ0v) is 14.7. The van der Waals surface area contributed by atoms with Crippen LogP contribution < -0.4 is 16.4 Å². The number of nitrogens with two attached hydrogens (primary N) is 1. The third-order valence-electron chi connectivity index (χ3n) is 5.15. The van der Waals surface area contributed by atoms with Crippen molar-refractivity contribution in [2.45, 2.75) is 32.2 Å². The number of hydrogen-bond donors (Lipinski definition) is 3. The maximum atomic E-state index is 12.3. The Labute approximate surface area is 144 Å². The number of benzene rings is 1. The quantitative estimate of drug-likeness (QED) is 0.749. The topological polar surface area (TPSA) is 84.2 Å². The minimum atomic E-state index is -0.225. The summed E-state index contributed by atoms with van der Waals surface area (Å²) >= 11 is 3.42. The molecule has 0 spiro atoms. The predicted molar refractivity (Wildman–Crippen MR) is 92.8 cm³/mol. The van der Waals surface area contributed by atoms with Crippen LogP contribution in [0.3, 0.4) is 0 Å². The van der Waals surface area contributed by atoms with Gasteiger partial charge in [0.15, 0.2) is 0 Å². The van der Waals surface area contributed by atoms with Crippen molar-refractivity contribution in [1.82, 2.24) is 5.32 Å². The fourth-order valence-corrected chi connectivity index (χ4v) is 4.18. The molecule has 23 heavy (non-hydrogen) atoms. The summed E-state index contributed by atoms with van der Waals surface area (Å²) < 4.78 is 0.995. The third-order valence-corrected chi connectivity index (χ3v) is 6.04. The first kappa shape index (κ1) is 16.5. The van der Waals surface area contributed by atoms with E-state index in [9.17, 15) is 9.59 Å². The van der Waals surface area contributed by atoms with E-state index in [1.54, 1.807) is 0 Å². The minimum Gasteiger partial charge on any atom is -0.347 e. The van der Waals surface area contributed by atoms with Crippen molar-refractivity contribution in [1.29, 1.82) is 0 Å². The lowest BCUT2D eigenvalue weighted by Gasteiger charge is -2.26. The van der Waals surface area contributed by atoms with Crippen molar-refractivity contribution in [2.75, 3.05) is 11.9 Å². The second-order valence-corrected chi connectivity index (χ2v) is 7.52. The first-order chi connectivity index (χ1) is 11.0. The molecule has 0 aromatic heterocycles. The van der Waals surface area contributed by atoms with Crippen LogP contribution in [0.2, 0.25) is 0 Å². The Balaban J connectivity index is 1.51. The van der Waals surface area contributed by atoms with Gasteiger partial charge in [-0.25, -0.2) is 0 Å². The van der Waals surface area contributed by atoms with E-state index in [2.05, 4.69) is 26.6 Å². The number of amides is 2. The molecule has 6 heteroatoms. The highest BCUT2D eigenvalue weighted by Crippen LogP contribution is 2.47. The molecule has 4 N–H and O–H groups in total. The van der Waals surface area contributed by atoms with Gasteiger partial charge < -0.3 is 16.4 Å². The summed E-state index contributed by atoms with van der Waals surface area (Å²) in [5, 5.41) is 5.54. The van der Waals surface area contributed by atoms with Gasteiger partial charge in [-0.15, -0.1) is 0 Å². The molecule has 0 radical (unpaired) electrons. The van der Waals surface area contributed by atoms with E-state index < -0.39 is 0 Å². The van der Waals surface area contributed by atoms with Crippen molar-refractivity contribution in [3.63, 3.8) is 0 Å². The van der Waals surface area contributed by atoms with Gasteiger partial charge in [0.1, 0.15) is 0 Å². The van der Waals surface area contributed by atoms with Crippen LogP contribution in [0.15, 0.2) is 22.7 Å². The number of anilines is 1. The molecule has 124 valence electrons. The molecule has 3 rings (SSSR count). The largest absolute Gasteiger partial charge is 0.347 e. The van der Waals surface area contributed by atoms with Crippen LogP contribution in [0.1, 0.15) is 24.8 Å². The lowest BCUT2D eigenvalue weighted by atomic mass is 9.84. The van der Waals surface area contributed by atoms with Crippen molar-refractivity contribution in [2.24, 2.45) is 23.5 Å². The van der Waals surface area contributed by atoms with Gasteiger partial charge in [0.05, 0.1) is 12.5 Å². The number of rotatable bonds is 4. The fraction of sp³-hybridized carbons (Fsp3) is 0.529. The van der Waals surface area contributed by atoms with Gasteiger partial charge in [-0.1, -0.05) is 15.9 Å². The summed E-state index contributed by atoms with van der Waals surface area (Å²) in [5.41, 5.74) is 7.93. The van der Waals surface area contributed by atoms with E-state index >= 15 is 0 Å². The Morgan fingerprint density at radius 3 is 2.70 bits per heavy atom. The molecular weight excluding hydrogens is 358 g/mol. The monoisotopic (exact) mass is 379 g/mol. The lowest BCUT2D eigenvalue weighted by molar-refractivity contribution is -0.129. The summed E-state index contributed by atoms with van der Waals surface area (Å²) in [4.78, 5) is 24.3. The Hall–Kier alpha value is -1.40. The normalized spacial score (nSPS) is 28.7.